The Bertz CT molecular complexity index is 590. The fourth-order valence-corrected chi connectivity index (χ4v) is 2.23. The van der Waals surface area contributed by atoms with E-state index in [-0.39, 0.29) is 11.6 Å². The summed E-state index contributed by atoms with van der Waals surface area (Å²) < 4.78 is 1.43. The van der Waals surface area contributed by atoms with Crippen molar-refractivity contribution >= 4 is 17.2 Å². The molecule has 1 amide bonds. The maximum atomic E-state index is 11.4. The molecule has 88 valence electrons. The van der Waals surface area contributed by atoms with Crippen LogP contribution in [0.3, 0.4) is 0 Å². The minimum absolute atomic E-state index is 0.304. The van der Waals surface area contributed by atoms with E-state index in [0.717, 1.165) is 5.56 Å². The number of carbonyl (C=O) groups excluding carboxylic acids is 1. The molecular formula is C10H10N4O2S. The molecule has 0 spiro atoms. The van der Waals surface area contributed by atoms with Crippen LogP contribution in [0.2, 0.25) is 0 Å². The lowest BCUT2D eigenvalue weighted by molar-refractivity contribution is 0.0957. The number of hydrazine groups is 1. The van der Waals surface area contributed by atoms with Crippen LogP contribution in [0.15, 0.2) is 34.7 Å². The molecular weight excluding hydrogens is 240 g/mol. The largest absolute Gasteiger partial charge is 0.347 e. The van der Waals surface area contributed by atoms with Crippen LogP contribution in [0.4, 0.5) is 0 Å². The zero-order valence-corrected chi connectivity index (χ0v) is 9.61. The van der Waals surface area contributed by atoms with Crippen molar-refractivity contribution in [2.24, 2.45) is 5.84 Å². The first-order valence-corrected chi connectivity index (χ1v) is 5.69. The van der Waals surface area contributed by atoms with Crippen molar-refractivity contribution in [2.45, 2.75) is 6.54 Å². The van der Waals surface area contributed by atoms with Gasteiger partial charge in [0.1, 0.15) is 0 Å². The number of thiophene rings is 1. The van der Waals surface area contributed by atoms with E-state index in [1.54, 1.807) is 23.7 Å². The Morgan fingerprint density at radius 2 is 2.41 bits per heavy atom. The summed E-state index contributed by atoms with van der Waals surface area (Å²) in [6.07, 6.45) is 3.05. The highest BCUT2D eigenvalue weighted by molar-refractivity contribution is 7.12. The lowest BCUT2D eigenvalue weighted by Crippen LogP contribution is -2.30. The van der Waals surface area contributed by atoms with Crippen molar-refractivity contribution in [2.75, 3.05) is 0 Å². The van der Waals surface area contributed by atoms with Gasteiger partial charge in [-0.25, -0.2) is 15.6 Å². The summed E-state index contributed by atoms with van der Waals surface area (Å²) in [5, 5.41) is 1.78. The summed E-state index contributed by atoms with van der Waals surface area (Å²) in [4.78, 5) is 27.0. The number of amides is 1. The van der Waals surface area contributed by atoms with E-state index in [9.17, 15) is 9.59 Å². The Morgan fingerprint density at radius 1 is 1.59 bits per heavy atom. The Morgan fingerprint density at radius 3 is 3.12 bits per heavy atom. The lowest BCUT2D eigenvalue weighted by Gasteiger charge is -2.04. The molecule has 0 saturated carbocycles. The third kappa shape index (κ3) is 2.40. The summed E-state index contributed by atoms with van der Waals surface area (Å²) in [5.74, 6) is 4.73. The van der Waals surface area contributed by atoms with Crippen LogP contribution >= 0.6 is 11.3 Å². The molecule has 0 aliphatic heterocycles. The minimum Gasteiger partial charge on any atom is -0.295 e. The average molecular weight is 250 g/mol. The Balaban J connectivity index is 2.31. The summed E-state index contributed by atoms with van der Waals surface area (Å²) in [6, 6.07) is 3.45. The highest BCUT2D eigenvalue weighted by Gasteiger charge is 2.12. The van der Waals surface area contributed by atoms with Crippen LogP contribution in [0.25, 0.3) is 0 Å². The van der Waals surface area contributed by atoms with E-state index in [2.05, 4.69) is 10.4 Å². The molecule has 0 aliphatic rings. The summed E-state index contributed by atoms with van der Waals surface area (Å²) in [7, 11) is 0. The van der Waals surface area contributed by atoms with Gasteiger partial charge in [0, 0.05) is 12.4 Å². The topological polar surface area (TPSA) is 90.0 Å². The van der Waals surface area contributed by atoms with E-state index in [1.807, 2.05) is 0 Å². The quantitative estimate of drug-likeness (QED) is 0.454. The molecule has 3 N–H and O–H groups in total. The predicted molar refractivity (Wildman–Crippen MR) is 63.6 cm³/mol. The summed E-state index contributed by atoms with van der Waals surface area (Å²) in [6.45, 7) is 0.304. The molecule has 17 heavy (non-hydrogen) atoms. The highest BCUT2D eigenvalue weighted by atomic mass is 32.1. The van der Waals surface area contributed by atoms with E-state index < -0.39 is 0 Å². The molecule has 2 heterocycles. The number of nitrogens with two attached hydrogens (primary N) is 1. The van der Waals surface area contributed by atoms with Gasteiger partial charge in [0.25, 0.3) is 5.91 Å². The Hall–Kier alpha value is -1.99. The number of aromatic nitrogens is 2. The summed E-state index contributed by atoms with van der Waals surface area (Å²) >= 11 is 1.28. The van der Waals surface area contributed by atoms with E-state index in [4.69, 9.17) is 5.84 Å². The molecule has 0 atom stereocenters. The molecule has 2 aromatic rings. The van der Waals surface area contributed by atoms with Crippen molar-refractivity contribution in [3.05, 3.63) is 50.8 Å². The number of rotatable bonds is 3. The fraction of sp³-hybridized carbons (Fsp3) is 0.100. The second-order valence-electron chi connectivity index (χ2n) is 3.28. The zero-order valence-electron chi connectivity index (χ0n) is 8.79. The molecule has 0 bridgehead atoms. The molecule has 0 radical (unpaired) electrons. The van der Waals surface area contributed by atoms with Gasteiger partial charge in [0.2, 0.25) is 0 Å². The molecule has 0 aliphatic carbocycles. The molecule has 0 unspecified atom stereocenters. The van der Waals surface area contributed by atoms with Crippen LogP contribution in [-0.2, 0) is 6.54 Å². The van der Waals surface area contributed by atoms with Gasteiger partial charge in [0.15, 0.2) is 0 Å². The van der Waals surface area contributed by atoms with Crippen molar-refractivity contribution in [3.63, 3.8) is 0 Å². The highest BCUT2D eigenvalue weighted by Crippen LogP contribution is 2.17. The molecule has 0 saturated heterocycles. The Labute approximate surface area is 101 Å². The van der Waals surface area contributed by atoms with Crippen molar-refractivity contribution in [1.82, 2.24) is 15.0 Å². The number of nitrogen functional groups attached to an aromatic ring is 1. The van der Waals surface area contributed by atoms with Gasteiger partial charge < -0.3 is 0 Å². The molecule has 2 aromatic heterocycles. The van der Waals surface area contributed by atoms with E-state index in [1.165, 1.54) is 22.1 Å². The first-order valence-electron chi connectivity index (χ1n) is 4.81. The van der Waals surface area contributed by atoms with Gasteiger partial charge in [0.05, 0.1) is 11.4 Å². The molecule has 0 fully saturated rings. The van der Waals surface area contributed by atoms with Gasteiger partial charge in [-0.15, -0.1) is 11.3 Å². The fourth-order valence-electron chi connectivity index (χ4n) is 1.42. The third-order valence-electron chi connectivity index (χ3n) is 2.21. The summed E-state index contributed by atoms with van der Waals surface area (Å²) in [5.41, 5.74) is 2.47. The minimum atomic E-state index is -0.355. The second-order valence-corrected chi connectivity index (χ2v) is 4.19. The average Bonchev–Trinajstić information content (AvgIpc) is 2.79. The maximum absolute atomic E-state index is 11.4. The van der Waals surface area contributed by atoms with Gasteiger partial charge >= 0.3 is 5.69 Å². The number of hydrogen-bond acceptors (Lipinski definition) is 5. The first kappa shape index (κ1) is 11.5. The van der Waals surface area contributed by atoms with E-state index >= 15 is 0 Å². The van der Waals surface area contributed by atoms with Gasteiger partial charge in [-0.1, -0.05) is 0 Å². The SMILES string of the molecule is NNC(=O)c1sccc1Cn1cccnc1=O. The molecule has 2 rings (SSSR count). The number of hydrogen-bond donors (Lipinski definition) is 2. The standard InChI is InChI=1S/C10H10N4O2S/c11-13-9(15)8-7(2-5-17-8)6-14-4-1-3-12-10(14)16/h1-5H,6,11H2,(H,13,15). The zero-order chi connectivity index (χ0) is 12.3. The lowest BCUT2D eigenvalue weighted by atomic mass is 10.2. The van der Waals surface area contributed by atoms with Crippen molar-refractivity contribution in [1.29, 1.82) is 0 Å². The third-order valence-corrected chi connectivity index (χ3v) is 3.16. The van der Waals surface area contributed by atoms with Crippen LogP contribution in [-0.4, -0.2) is 15.5 Å². The van der Waals surface area contributed by atoms with Crippen LogP contribution < -0.4 is 17.0 Å². The smallest absolute Gasteiger partial charge is 0.295 e. The Kier molecular flexibility index (Phi) is 3.31. The van der Waals surface area contributed by atoms with Crippen LogP contribution in [0.5, 0.6) is 0 Å². The normalized spacial score (nSPS) is 10.2. The van der Waals surface area contributed by atoms with Crippen LogP contribution in [0.1, 0.15) is 15.2 Å². The number of nitrogens with one attached hydrogen (secondary N) is 1. The maximum Gasteiger partial charge on any atom is 0.347 e. The van der Waals surface area contributed by atoms with Crippen molar-refractivity contribution in [3.8, 4) is 0 Å². The first-order chi connectivity index (χ1) is 8.22. The van der Waals surface area contributed by atoms with Gasteiger partial charge in [-0.3, -0.25) is 14.8 Å². The van der Waals surface area contributed by atoms with Gasteiger partial charge in [-0.2, -0.15) is 0 Å². The second kappa shape index (κ2) is 4.89. The van der Waals surface area contributed by atoms with Crippen LogP contribution in [0, 0.1) is 0 Å². The molecule has 6 nitrogen and oxygen atoms in total. The monoisotopic (exact) mass is 250 g/mol. The van der Waals surface area contributed by atoms with E-state index in [0.29, 0.717) is 11.4 Å². The number of carbonyl (C=O) groups is 1. The van der Waals surface area contributed by atoms with Gasteiger partial charge in [-0.05, 0) is 23.1 Å². The predicted octanol–water partition coefficient (Wildman–Crippen LogP) is -0.0434. The number of nitrogens with zero attached hydrogens (tertiary/aromatic N) is 2. The van der Waals surface area contributed by atoms with Crippen molar-refractivity contribution < 1.29 is 4.79 Å². The molecule has 0 aromatic carbocycles. The molecule has 7 heteroatoms.